The molecular weight excluding hydrogens is 278 g/mol. The summed E-state index contributed by atoms with van der Waals surface area (Å²) in [5.74, 6) is 0.770. The van der Waals surface area contributed by atoms with Gasteiger partial charge in [-0.3, -0.25) is 0 Å². The van der Waals surface area contributed by atoms with Gasteiger partial charge in [0.1, 0.15) is 5.60 Å². The van der Waals surface area contributed by atoms with Gasteiger partial charge in [0.25, 0.3) is 0 Å². The molecule has 0 aromatic heterocycles. The van der Waals surface area contributed by atoms with Crippen molar-refractivity contribution in [3.63, 3.8) is 0 Å². The van der Waals surface area contributed by atoms with Crippen LogP contribution in [-0.4, -0.2) is 55.4 Å². The highest BCUT2D eigenvalue weighted by molar-refractivity contribution is 5.67. The third-order valence-electron chi connectivity index (χ3n) is 3.84. The third kappa shape index (κ3) is 9.26. The lowest BCUT2D eigenvalue weighted by molar-refractivity contribution is 0.0519. The van der Waals surface area contributed by atoms with E-state index in [2.05, 4.69) is 29.4 Å². The number of alkyl carbamates (subject to hydrolysis) is 1. The minimum Gasteiger partial charge on any atom is -0.444 e. The lowest BCUT2D eigenvalue weighted by atomic mass is 10.0. The molecule has 1 fully saturated rings. The lowest BCUT2D eigenvalue weighted by Gasteiger charge is -2.32. The van der Waals surface area contributed by atoms with Gasteiger partial charge in [-0.2, -0.15) is 0 Å². The minimum atomic E-state index is -0.427. The van der Waals surface area contributed by atoms with Crippen molar-refractivity contribution >= 4 is 6.09 Å². The summed E-state index contributed by atoms with van der Waals surface area (Å²) >= 11 is 0. The first kappa shape index (κ1) is 19.2. The predicted molar refractivity (Wildman–Crippen MR) is 91.2 cm³/mol. The van der Waals surface area contributed by atoms with Crippen molar-refractivity contribution in [2.75, 3.05) is 32.7 Å². The molecule has 1 saturated heterocycles. The maximum atomic E-state index is 11.6. The molecule has 1 aliphatic rings. The Hall–Kier alpha value is -0.810. The molecule has 0 aliphatic carbocycles. The zero-order chi connectivity index (χ0) is 16.6. The average Bonchev–Trinajstić information content (AvgIpc) is 2.38. The summed E-state index contributed by atoms with van der Waals surface area (Å²) in [4.78, 5) is 14.0. The number of piperidine rings is 1. The molecule has 1 aliphatic heterocycles. The Morgan fingerprint density at radius 2 is 1.86 bits per heavy atom. The van der Waals surface area contributed by atoms with E-state index in [1.807, 2.05) is 20.8 Å². The second-order valence-corrected chi connectivity index (χ2v) is 7.68. The number of hydrogen-bond donors (Lipinski definition) is 2. The molecule has 0 aromatic carbocycles. The van der Waals surface area contributed by atoms with Gasteiger partial charge in [0.05, 0.1) is 0 Å². The largest absolute Gasteiger partial charge is 0.444 e. The van der Waals surface area contributed by atoms with Crippen LogP contribution in [0, 0.1) is 5.92 Å². The molecular formula is C17H35N3O2. The maximum absolute atomic E-state index is 11.6. The van der Waals surface area contributed by atoms with E-state index in [4.69, 9.17) is 4.74 Å². The first-order valence-electron chi connectivity index (χ1n) is 8.69. The number of carbonyl (C=O) groups is 1. The van der Waals surface area contributed by atoms with Crippen molar-refractivity contribution in [3.8, 4) is 0 Å². The zero-order valence-electron chi connectivity index (χ0n) is 15.1. The van der Waals surface area contributed by atoms with Crippen LogP contribution in [0.1, 0.15) is 53.9 Å². The lowest BCUT2D eigenvalue weighted by Crippen LogP contribution is -2.45. The Morgan fingerprint density at radius 1 is 1.23 bits per heavy atom. The summed E-state index contributed by atoms with van der Waals surface area (Å²) in [6.45, 7) is 15.1. The fourth-order valence-electron chi connectivity index (χ4n) is 2.57. The van der Waals surface area contributed by atoms with Crippen LogP contribution in [0.25, 0.3) is 0 Å². The maximum Gasteiger partial charge on any atom is 0.407 e. The fraction of sp³-hybridized carbons (Fsp3) is 0.941. The number of hydrogen-bond acceptors (Lipinski definition) is 4. The molecule has 0 radical (unpaired) electrons. The van der Waals surface area contributed by atoms with Gasteiger partial charge in [-0.15, -0.1) is 0 Å². The number of rotatable bonds is 7. The predicted octanol–water partition coefficient (Wildman–Crippen LogP) is 2.61. The number of nitrogens with zero attached hydrogens (tertiary/aromatic N) is 1. The van der Waals surface area contributed by atoms with Crippen LogP contribution in [0.2, 0.25) is 0 Å². The van der Waals surface area contributed by atoms with Gasteiger partial charge in [-0.05, 0) is 65.6 Å². The van der Waals surface area contributed by atoms with E-state index in [9.17, 15) is 4.79 Å². The topological polar surface area (TPSA) is 53.6 Å². The molecule has 0 saturated carbocycles. The van der Waals surface area contributed by atoms with Crippen molar-refractivity contribution in [2.24, 2.45) is 5.92 Å². The molecule has 0 bridgehead atoms. The molecule has 0 aromatic rings. The molecule has 5 heteroatoms. The molecule has 0 atom stereocenters. The van der Waals surface area contributed by atoms with E-state index in [-0.39, 0.29) is 6.09 Å². The van der Waals surface area contributed by atoms with Gasteiger partial charge in [0.15, 0.2) is 0 Å². The Kier molecular flexibility index (Phi) is 8.18. The van der Waals surface area contributed by atoms with E-state index in [0.29, 0.717) is 12.6 Å². The summed E-state index contributed by atoms with van der Waals surface area (Å²) in [6, 6.07) is 0.661. The molecule has 1 rings (SSSR count). The van der Waals surface area contributed by atoms with Crippen molar-refractivity contribution < 1.29 is 9.53 Å². The first-order chi connectivity index (χ1) is 10.3. The van der Waals surface area contributed by atoms with E-state index in [1.54, 1.807) is 0 Å². The SMILES string of the molecule is CC(C)CCNC1CCN(CCNC(=O)OC(C)(C)C)CC1. The van der Waals surface area contributed by atoms with E-state index < -0.39 is 5.60 Å². The van der Waals surface area contributed by atoms with Crippen LogP contribution in [0.4, 0.5) is 4.79 Å². The quantitative estimate of drug-likeness (QED) is 0.758. The van der Waals surface area contributed by atoms with Crippen LogP contribution in [0.15, 0.2) is 0 Å². The molecule has 2 N–H and O–H groups in total. The number of nitrogens with one attached hydrogen (secondary N) is 2. The highest BCUT2D eigenvalue weighted by Gasteiger charge is 2.19. The molecule has 0 unspecified atom stereocenters. The van der Waals surface area contributed by atoms with Gasteiger partial charge >= 0.3 is 6.09 Å². The summed E-state index contributed by atoms with van der Waals surface area (Å²) in [5, 5.41) is 6.48. The number of carbonyl (C=O) groups excluding carboxylic acids is 1. The number of amides is 1. The van der Waals surface area contributed by atoms with E-state index in [0.717, 1.165) is 32.1 Å². The summed E-state index contributed by atoms with van der Waals surface area (Å²) in [5.41, 5.74) is -0.427. The number of likely N-dealkylation sites (tertiary alicyclic amines) is 1. The Morgan fingerprint density at radius 3 is 2.41 bits per heavy atom. The molecule has 22 heavy (non-hydrogen) atoms. The van der Waals surface area contributed by atoms with Crippen molar-refractivity contribution in [3.05, 3.63) is 0 Å². The normalized spacial score (nSPS) is 17.7. The molecule has 1 amide bonds. The average molecular weight is 313 g/mol. The Bertz CT molecular complexity index is 318. The van der Waals surface area contributed by atoms with Gasteiger partial charge in [-0.1, -0.05) is 13.8 Å². The minimum absolute atomic E-state index is 0.322. The van der Waals surface area contributed by atoms with E-state index >= 15 is 0 Å². The molecule has 130 valence electrons. The summed E-state index contributed by atoms with van der Waals surface area (Å²) in [7, 11) is 0. The third-order valence-corrected chi connectivity index (χ3v) is 3.84. The van der Waals surface area contributed by atoms with Crippen LogP contribution >= 0.6 is 0 Å². The Balaban J connectivity index is 2.07. The smallest absolute Gasteiger partial charge is 0.407 e. The first-order valence-corrected chi connectivity index (χ1v) is 8.69. The van der Waals surface area contributed by atoms with Gasteiger partial charge in [-0.25, -0.2) is 4.79 Å². The van der Waals surface area contributed by atoms with Crippen molar-refractivity contribution in [1.29, 1.82) is 0 Å². The standard InChI is InChI=1S/C17H35N3O2/c1-14(2)6-9-18-15-7-11-20(12-8-15)13-10-19-16(21)22-17(3,4)5/h14-15,18H,6-13H2,1-5H3,(H,19,21). The van der Waals surface area contributed by atoms with Gasteiger partial charge < -0.3 is 20.3 Å². The highest BCUT2D eigenvalue weighted by Crippen LogP contribution is 2.10. The second-order valence-electron chi connectivity index (χ2n) is 7.68. The van der Waals surface area contributed by atoms with Gasteiger partial charge in [0.2, 0.25) is 0 Å². The van der Waals surface area contributed by atoms with Crippen molar-refractivity contribution in [2.45, 2.75) is 65.5 Å². The summed E-state index contributed by atoms with van der Waals surface area (Å²) < 4.78 is 5.23. The fourth-order valence-corrected chi connectivity index (χ4v) is 2.57. The van der Waals surface area contributed by atoms with Gasteiger partial charge in [0, 0.05) is 19.1 Å². The summed E-state index contributed by atoms with van der Waals surface area (Å²) in [6.07, 6.45) is 3.33. The second kappa shape index (κ2) is 9.36. The van der Waals surface area contributed by atoms with Crippen molar-refractivity contribution in [1.82, 2.24) is 15.5 Å². The number of ether oxygens (including phenoxy) is 1. The molecule has 0 spiro atoms. The molecule has 5 nitrogen and oxygen atoms in total. The molecule has 1 heterocycles. The highest BCUT2D eigenvalue weighted by atomic mass is 16.6. The van der Waals surface area contributed by atoms with E-state index in [1.165, 1.54) is 19.3 Å². The zero-order valence-corrected chi connectivity index (χ0v) is 15.1. The Labute approximate surface area is 136 Å². The van der Waals surface area contributed by atoms with Crippen LogP contribution in [0.5, 0.6) is 0 Å². The van der Waals surface area contributed by atoms with Crippen LogP contribution in [-0.2, 0) is 4.74 Å². The van der Waals surface area contributed by atoms with Crippen LogP contribution in [0.3, 0.4) is 0 Å². The van der Waals surface area contributed by atoms with Crippen LogP contribution < -0.4 is 10.6 Å². The monoisotopic (exact) mass is 313 g/mol.